The molecular formula is C11H18N2O. The molecular weight excluding hydrogens is 176 g/mol. The van der Waals surface area contributed by atoms with E-state index in [1.165, 1.54) is 0 Å². The highest BCUT2D eigenvalue weighted by Gasteiger charge is 2.45. The van der Waals surface area contributed by atoms with Crippen molar-refractivity contribution in [2.45, 2.75) is 38.2 Å². The zero-order valence-corrected chi connectivity index (χ0v) is 8.50. The van der Waals surface area contributed by atoms with Crippen molar-refractivity contribution in [1.82, 2.24) is 5.32 Å². The lowest BCUT2D eigenvalue weighted by molar-refractivity contribution is 0.0547. The fourth-order valence-electron chi connectivity index (χ4n) is 3.01. The first-order valence-corrected chi connectivity index (χ1v) is 5.58. The Kier molecular flexibility index (Phi) is 2.76. The molecule has 0 amide bonds. The van der Waals surface area contributed by atoms with Crippen LogP contribution in [0, 0.1) is 22.7 Å². The average Bonchev–Trinajstić information content (AvgIpc) is 2.66. The van der Waals surface area contributed by atoms with Gasteiger partial charge in [0.1, 0.15) is 0 Å². The second kappa shape index (κ2) is 3.88. The number of nitrogens with zero attached hydrogens (tertiary/aromatic N) is 1. The highest BCUT2D eigenvalue weighted by atomic mass is 16.3. The summed E-state index contributed by atoms with van der Waals surface area (Å²) in [4.78, 5) is 0. The number of hydrogen-bond donors (Lipinski definition) is 2. The monoisotopic (exact) mass is 194 g/mol. The normalized spacial score (nSPS) is 43.4. The fraction of sp³-hybridized carbons (Fsp3) is 0.909. The summed E-state index contributed by atoms with van der Waals surface area (Å²) < 4.78 is 0. The van der Waals surface area contributed by atoms with Crippen molar-refractivity contribution in [1.29, 1.82) is 5.26 Å². The molecule has 78 valence electrons. The van der Waals surface area contributed by atoms with E-state index in [0.717, 1.165) is 45.2 Å². The minimum Gasteiger partial charge on any atom is -0.393 e. The zero-order chi connectivity index (χ0) is 10.0. The molecule has 3 heteroatoms. The van der Waals surface area contributed by atoms with Gasteiger partial charge in [-0.15, -0.1) is 0 Å². The third kappa shape index (κ3) is 1.53. The summed E-state index contributed by atoms with van der Waals surface area (Å²) in [5.74, 6) is 0.209. The van der Waals surface area contributed by atoms with Crippen LogP contribution in [0.1, 0.15) is 32.1 Å². The van der Waals surface area contributed by atoms with Gasteiger partial charge in [0.25, 0.3) is 0 Å². The van der Waals surface area contributed by atoms with Crippen LogP contribution in [-0.2, 0) is 0 Å². The molecule has 0 radical (unpaired) electrons. The molecule has 1 aliphatic carbocycles. The fourth-order valence-corrected chi connectivity index (χ4v) is 3.01. The minimum absolute atomic E-state index is 0.209. The van der Waals surface area contributed by atoms with Crippen LogP contribution in [0.3, 0.4) is 0 Å². The van der Waals surface area contributed by atoms with Gasteiger partial charge in [0.2, 0.25) is 0 Å². The molecule has 2 N–H and O–H groups in total. The molecule has 1 saturated carbocycles. The van der Waals surface area contributed by atoms with Crippen molar-refractivity contribution in [3.63, 3.8) is 0 Å². The highest BCUT2D eigenvalue weighted by Crippen LogP contribution is 2.43. The maximum atomic E-state index is 9.86. The SMILES string of the molecule is N#CC1(C2CCCC2O)CCCNC1. The molecule has 0 bridgehead atoms. The molecule has 0 aromatic heterocycles. The van der Waals surface area contributed by atoms with Crippen LogP contribution in [0.25, 0.3) is 0 Å². The van der Waals surface area contributed by atoms with Gasteiger partial charge in [-0.05, 0) is 32.2 Å². The van der Waals surface area contributed by atoms with E-state index in [1.54, 1.807) is 0 Å². The minimum atomic E-state index is -0.284. The molecule has 3 unspecified atom stereocenters. The summed E-state index contributed by atoms with van der Waals surface area (Å²) in [6, 6.07) is 2.47. The van der Waals surface area contributed by atoms with Gasteiger partial charge in [0.05, 0.1) is 17.6 Å². The number of nitrogens with one attached hydrogen (secondary N) is 1. The molecule has 1 saturated heterocycles. The van der Waals surface area contributed by atoms with E-state index >= 15 is 0 Å². The van der Waals surface area contributed by atoms with Gasteiger partial charge in [-0.1, -0.05) is 6.42 Å². The summed E-state index contributed by atoms with van der Waals surface area (Å²) in [6.45, 7) is 1.79. The van der Waals surface area contributed by atoms with Crippen LogP contribution in [0.5, 0.6) is 0 Å². The van der Waals surface area contributed by atoms with Crippen LogP contribution in [-0.4, -0.2) is 24.3 Å². The molecule has 2 fully saturated rings. The van der Waals surface area contributed by atoms with Crippen molar-refractivity contribution in [3.8, 4) is 6.07 Å². The van der Waals surface area contributed by atoms with Crippen molar-refractivity contribution in [2.24, 2.45) is 11.3 Å². The van der Waals surface area contributed by atoms with Gasteiger partial charge in [0, 0.05) is 12.5 Å². The Morgan fingerprint density at radius 1 is 1.36 bits per heavy atom. The van der Waals surface area contributed by atoms with Crippen LogP contribution in [0.2, 0.25) is 0 Å². The lowest BCUT2D eigenvalue weighted by Crippen LogP contribution is -2.46. The van der Waals surface area contributed by atoms with Crippen molar-refractivity contribution < 1.29 is 5.11 Å². The van der Waals surface area contributed by atoms with Crippen LogP contribution < -0.4 is 5.32 Å². The van der Waals surface area contributed by atoms with Gasteiger partial charge in [-0.3, -0.25) is 0 Å². The predicted octanol–water partition coefficient (Wildman–Crippen LogP) is 1.04. The lowest BCUT2D eigenvalue weighted by atomic mass is 9.70. The Hall–Kier alpha value is -0.590. The molecule has 2 rings (SSSR count). The summed E-state index contributed by atoms with van der Waals surface area (Å²) >= 11 is 0. The molecule has 0 aromatic rings. The van der Waals surface area contributed by atoms with Crippen LogP contribution in [0.4, 0.5) is 0 Å². The van der Waals surface area contributed by atoms with E-state index in [2.05, 4.69) is 11.4 Å². The number of aliphatic hydroxyl groups excluding tert-OH is 1. The summed E-state index contributed by atoms with van der Waals surface area (Å²) in [7, 11) is 0. The van der Waals surface area contributed by atoms with Gasteiger partial charge in [-0.2, -0.15) is 5.26 Å². The molecule has 14 heavy (non-hydrogen) atoms. The maximum Gasteiger partial charge on any atom is 0.0751 e. The van der Waals surface area contributed by atoms with Gasteiger partial charge < -0.3 is 10.4 Å². The van der Waals surface area contributed by atoms with Crippen LogP contribution in [0.15, 0.2) is 0 Å². The van der Waals surface area contributed by atoms with E-state index in [-0.39, 0.29) is 17.4 Å². The molecule has 1 heterocycles. The van der Waals surface area contributed by atoms with E-state index in [0.29, 0.717) is 0 Å². The number of hydrogen-bond acceptors (Lipinski definition) is 3. The summed E-state index contributed by atoms with van der Waals surface area (Å²) in [5.41, 5.74) is -0.284. The first kappa shape index (κ1) is 9.95. The molecule has 3 nitrogen and oxygen atoms in total. The predicted molar refractivity (Wildman–Crippen MR) is 53.5 cm³/mol. The van der Waals surface area contributed by atoms with Gasteiger partial charge in [-0.25, -0.2) is 0 Å². The number of nitriles is 1. The topological polar surface area (TPSA) is 56.0 Å². The average molecular weight is 194 g/mol. The molecule has 1 aliphatic heterocycles. The number of piperidine rings is 1. The van der Waals surface area contributed by atoms with E-state index in [4.69, 9.17) is 0 Å². The first-order valence-electron chi connectivity index (χ1n) is 5.58. The molecule has 3 atom stereocenters. The quantitative estimate of drug-likeness (QED) is 0.655. The first-order chi connectivity index (χ1) is 6.78. The van der Waals surface area contributed by atoms with Gasteiger partial charge in [0.15, 0.2) is 0 Å². The van der Waals surface area contributed by atoms with Crippen molar-refractivity contribution in [3.05, 3.63) is 0 Å². The Balaban J connectivity index is 2.14. The highest BCUT2D eigenvalue weighted by molar-refractivity contribution is 5.09. The van der Waals surface area contributed by atoms with E-state index in [1.807, 2.05) is 0 Å². The smallest absolute Gasteiger partial charge is 0.0751 e. The Morgan fingerprint density at radius 2 is 2.21 bits per heavy atom. The Bertz CT molecular complexity index is 240. The number of aliphatic hydroxyl groups is 1. The van der Waals surface area contributed by atoms with Crippen molar-refractivity contribution in [2.75, 3.05) is 13.1 Å². The Morgan fingerprint density at radius 3 is 2.71 bits per heavy atom. The molecule has 0 aromatic carbocycles. The third-order valence-electron chi connectivity index (χ3n) is 3.83. The Labute approximate surface area is 85.1 Å². The zero-order valence-electron chi connectivity index (χ0n) is 8.50. The van der Waals surface area contributed by atoms with Crippen LogP contribution >= 0.6 is 0 Å². The lowest BCUT2D eigenvalue weighted by Gasteiger charge is -2.38. The maximum absolute atomic E-state index is 9.86. The van der Waals surface area contributed by atoms with E-state index in [9.17, 15) is 10.4 Å². The summed E-state index contributed by atoms with van der Waals surface area (Å²) in [6.07, 6.45) is 4.77. The van der Waals surface area contributed by atoms with Gasteiger partial charge >= 0.3 is 0 Å². The summed E-state index contributed by atoms with van der Waals surface area (Å²) in [5, 5.41) is 22.5. The molecule has 2 aliphatic rings. The third-order valence-corrected chi connectivity index (χ3v) is 3.83. The largest absolute Gasteiger partial charge is 0.393 e. The second-order valence-electron chi connectivity index (χ2n) is 4.65. The second-order valence-corrected chi connectivity index (χ2v) is 4.65. The molecule has 0 spiro atoms. The van der Waals surface area contributed by atoms with Crippen molar-refractivity contribution >= 4 is 0 Å². The number of rotatable bonds is 1. The van der Waals surface area contributed by atoms with E-state index < -0.39 is 0 Å². The standard InChI is InChI=1S/C11H18N2O/c12-7-11(5-2-6-13-8-11)9-3-1-4-10(9)14/h9-10,13-14H,1-6,8H2.